The fourth-order valence-corrected chi connectivity index (χ4v) is 2.57. The highest BCUT2D eigenvalue weighted by Crippen LogP contribution is 2.29. The van der Waals surface area contributed by atoms with Crippen molar-refractivity contribution in [2.75, 3.05) is 0 Å². The Bertz CT molecular complexity index is 820. The molecule has 0 unspecified atom stereocenters. The maximum Gasteiger partial charge on any atom is 0.337 e. The van der Waals surface area contributed by atoms with Crippen LogP contribution in [0.5, 0.6) is 0 Å². The Hall–Kier alpha value is -2.88. The Labute approximate surface area is 127 Å². The van der Waals surface area contributed by atoms with E-state index in [-0.39, 0.29) is 11.4 Å². The van der Waals surface area contributed by atoms with Gasteiger partial charge in [0.05, 0.1) is 11.3 Å². The second-order valence-corrected chi connectivity index (χ2v) is 5.01. The van der Waals surface area contributed by atoms with Gasteiger partial charge in [-0.05, 0) is 55.0 Å². The lowest BCUT2D eigenvalue weighted by molar-refractivity contribution is 0.0696. The van der Waals surface area contributed by atoms with Gasteiger partial charge in [-0.25, -0.2) is 9.18 Å². The number of carbonyl (C=O) groups is 1. The van der Waals surface area contributed by atoms with Crippen LogP contribution in [0.4, 0.5) is 4.39 Å². The van der Waals surface area contributed by atoms with Crippen molar-refractivity contribution < 1.29 is 14.3 Å². The number of aromatic nitrogens is 1. The molecule has 0 aliphatic rings. The second kappa shape index (κ2) is 5.48. The summed E-state index contributed by atoms with van der Waals surface area (Å²) in [6.07, 6.45) is 0. The van der Waals surface area contributed by atoms with Gasteiger partial charge in [0.1, 0.15) is 5.82 Å². The molecule has 1 aromatic heterocycles. The van der Waals surface area contributed by atoms with E-state index < -0.39 is 5.97 Å². The van der Waals surface area contributed by atoms with Crippen molar-refractivity contribution >= 4 is 5.97 Å². The maximum absolute atomic E-state index is 13.1. The maximum atomic E-state index is 13.1. The Kier molecular flexibility index (Phi) is 3.51. The van der Waals surface area contributed by atoms with Crippen LogP contribution in [-0.4, -0.2) is 15.6 Å². The lowest BCUT2D eigenvalue weighted by Crippen LogP contribution is -2.02. The fraction of sp³-hybridized carbons (Fsp3) is 0.0556. The van der Waals surface area contributed by atoms with E-state index >= 15 is 0 Å². The molecule has 2 aromatic carbocycles. The van der Waals surface area contributed by atoms with E-state index in [1.807, 2.05) is 34.9 Å². The number of hydrogen-bond donors (Lipinski definition) is 1. The van der Waals surface area contributed by atoms with Crippen molar-refractivity contribution in [1.82, 2.24) is 4.57 Å². The van der Waals surface area contributed by atoms with Crippen LogP contribution >= 0.6 is 0 Å². The highest BCUT2D eigenvalue weighted by atomic mass is 19.1. The number of carboxylic acids is 1. The minimum absolute atomic E-state index is 0.239. The van der Waals surface area contributed by atoms with Crippen LogP contribution in [0, 0.1) is 12.7 Å². The average molecular weight is 295 g/mol. The third-order valence-corrected chi connectivity index (χ3v) is 3.63. The van der Waals surface area contributed by atoms with Crippen LogP contribution in [0.15, 0.2) is 60.7 Å². The topological polar surface area (TPSA) is 42.2 Å². The van der Waals surface area contributed by atoms with Gasteiger partial charge in [0, 0.05) is 11.4 Å². The Morgan fingerprint density at radius 1 is 1.05 bits per heavy atom. The Morgan fingerprint density at radius 2 is 1.68 bits per heavy atom. The minimum Gasteiger partial charge on any atom is -0.478 e. The van der Waals surface area contributed by atoms with Gasteiger partial charge < -0.3 is 9.67 Å². The molecule has 110 valence electrons. The van der Waals surface area contributed by atoms with E-state index in [0.29, 0.717) is 5.69 Å². The number of halogens is 1. The van der Waals surface area contributed by atoms with Crippen LogP contribution in [0.3, 0.4) is 0 Å². The molecule has 0 amide bonds. The van der Waals surface area contributed by atoms with Crippen LogP contribution in [-0.2, 0) is 0 Å². The molecule has 3 nitrogen and oxygen atoms in total. The molecule has 0 saturated heterocycles. The number of nitrogens with zero attached hydrogens (tertiary/aromatic N) is 1. The van der Waals surface area contributed by atoms with E-state index in [0.717, 1.165) is 16.9 Å². The summed E-state index contributed by atoms with van der Waals surface area (Å²) in [6.45, 7) is 1.77. The zero-order valence-electron chi connectivity index (χ0n) is 12.0. The lowest BCUT2D eigenvalue weighted by Gasteiger charge is -2.12. The summed E-state index contributed by atoms with van der Waals surface area (Å²) in [5, 5.41) is 9.37. The molecule has 0 fully saturated rings. The first-order chi connectivity index (χ1) is 10.6. The van der Waals surface area contributed by atoms with Gasteiger partial charge >= 0.3 is 5.97 Å². The van der Waals surface area contributed by atoms with E-state index in [4.69, 9.17) is 0 Å². The van der Waals surface area contributed by atoms with Crippen molar-refractivity contribution in [3.8, 4) is 16.9 Å². The van der Waals surface area contributed by atoms with Gasteiger partial charge in [0.2, 0.25) is 0 Å². The molecular formula is C18H14FNO2. The summed E-state index contributed by atoms with van der Waals surface area (Å²) in [5.74, 6) is -1.30. The minimum atomic E-state index is -0.976. The summed E-state index contributed by atoms with van der Waals surface area (Å²) < 4.78 is 15.0. The summed E-state index contributed by atoms with van der Waals surface area (Å²) in [5.41, 5.74) is 3.23. The highest BCUT2D eigenvalue weighted by molar-refractivity contribution is 5.91. The lowest BCUT2D eigenvalue weighted by atomic mass is 10.1. The fourth-order valence-electron chi connectivity index (χ4n) is 2.57. The monoisotopic (exact) mass is 295 g/mol. The molecule has 0 atom stereocenters. The number of para-hydroxylation sites is 1. The van der Waals surface area contributed by atoms with Crippen molar-refractivity contribution in [2.45, 2.75) is 6.92 Å². The van der Waals surface area contributed by atoms with Crippen LogP contribution < -0.4 is 0 Å². The second-order valence-electron chi connectivity index (χ2n) is 5.01. The Balaban J connectivity index is 2.27. The molecule has 0 saturated carbocycles. The number of rotatable bonds is 3. The molecule has 3 rings (SSSR count). The third-order valence-electron chi connectivity index (χ3n) is 3.63. The first kappa shape index (κ1) is 14.1. The molecule has 4 heteroatoms. The summed E-state index contributed by atoms with van der Waals surface area (Å²) in [6, 6.07) is 17.2. The SMILES string of the molecule is Cc1c(C(=O)O)cc(-c2ccc(F)cc2)n1-c1ccccc1. The average Bonchev–Trinajstić information content (AvgIpc) is 2.86. The number of benzene rings is 2. The molecule has 0 spiro atoms. The third kappa shape index (κ3) is 2.39. The van der Waals surface area contributed by atoms with E-state index in [2.05, 4.69) is 0 Å². The van der Waals surface area contributed by atoms with Crippen molar-refractivity contribution in [3.05, 3.63) is 77.7 Å². The van der Waals surface area contributed by atoms with Crippen LogP contribution in [0.25, 0.3) is 16.9 Å². The smallest absolute Gasteiger partial charge is 0.337 e. The first-order valence-corrected chi connectivity index (χ1v) is 6.85. The summed E-state index contributed by atoms with van der Waals surface area (Å²) >= 11 is 0. The summed E-state index contributed by atoms with van der Waals surface area (Å²) in [4.78, 5) is 11.4. The standard InChI is InChI=1S/C18H14FNO2/c1-12-16(18(21)22)11-17(13-7-9-14(19)10-8-13)20(12)15-5-3-2-4-6-15/h2-11H,1H3,(H,21,22). The predicted octanol–water partition coefficient (Wildman–Crippen LogP) is 4.29. The largest absolute Gasteiger partial charge is 0.478 e. The number of aromatic carboxylic acids is 1. The van der Waals surface area contributed by atoms with E-state index in [1.165, 1.54) is 12.1 Å². The predicted molar refractivity (Wildman–Crippen MR) is 82.9 cm³/mol. The normalized spacial score (nSPS) is 10.6. The van der Waals surface area contributed by atoms with Gasteiger partial charge in [0.25, 0.3) is 0 Å². The number of hydrogen-bond acceptors (Lipinski definition) is 1. The molecular weight excluding hydrogens is 281 g/mol. The molecule has 3 aromatic rings. The molecule has 0 aliphatic heterocycles. The quantitative estimate of drug-likeness (QED) is 0.783. The molecule has 0 bridgehead atoms. The van der Waals surface area contributed by atoms with Crippen LogP contribution in [0.2, 0.25) is 0 Å². The molecule has 1 heterocycles. The molecule has 22 heavy (non-hydrogen) atoms. The van der Waals surface area contributed by atoms with Gasteiger partial charge in [0.15, 0.2) is 0 Å². The zero-order valence-corrected chi connectivity index (χ0v) is 12.0. The molecule has 1 N–H and O–H groups in total. The summed E-state index contributed by atoms with van der Waals surface area (Å²) in [7, 11) is 0. The first-order valence-electron chi connectivity index (χ1n) is 6.85. The molecule has 0 radical (unpaired) electrons. The zero-order chi connectivity index (χ0) is 15.7. The van der Waals surface area contributed by atoms with Crippen molar-refractivity contribution in [1.29, 1.82) is 0 Å². The van der Waals surface area contributed by atoms with E-state index in [1.54, 1.807) is 25.1 Å². The molecule has 0 aliphatic carbocycles. The van der Waals surface area contributed by atoms with E-state index in [9.17, 15) is 14.3 Å². The number of carboxylic acid groups (broad SMARTS) is 1. The van der Waals surface area contributed by atoms with Gasteiger partial charge in [-0.2, -0.15) is 0 Å². The van der Waals surface area contributed by atoms with Crippen molar-refractivity contribution in [2.24, 2.45) is 0 Å². The Morgan fingerprint density at radius 3 is 2.27 bits per heavy atom. The van der Waals surface area contributed by atoms with Crippen molar-refractivity contribution in [3.63, 3.8) is 0 Å². The van der Waals surface area contributed by atoms with Crippen LogP contribution in [0.1, 0.15) is 16.1 Å². The van der Waals surface area contributed by atoms with Gasteiger partial charge in [-0.3, -0.25) is 0 Å². The van der Waals surface area contributed by atoms with Gasteiger partial charge in [-0.15, -0.1) is 0 Å². The highest BCUT2D eigenvalue weighted by Gasteiger charge is 2.18. The van der Waals surface area contributed by atoms with Gasteiger partial charge in [-0.1, -0.05) is 18.2 Å².